The van der Waals surface area contributed by atoms with Gasteiger partial charge in [-0.05, 0) is 58.7 Å². The third kappa shape index (κ3) is 8.17. The van der Waals surface area contributed by atoms with Crippen LogP contribution in [0.2, 0.25) is 0 Å². The fourth-order valence-corrected chi connectivity index (χ4v) is 8.80. The third-order valence-electron chi connectivity index (χ3n) is 9.95. The second kappa shape index (κ2) is 15.8. The molecular weight excluding hydrogens is 717 g/mol. The predicted molar refractivity (Wildman–Crippen MR) is 209 cm³/mol. The molecule has 0 atom stereocenters. The van der Waals surface area contributed by atoms with E-state index in [1.54, 1.807) is 36.4 Å². The highest BCUT2D eigenvalue weighted by Crippen LogP contribution is 2.34. The summed E-state index contributed by atoms with van der Waals surface area (Å²) < 4.78 is 74.0. The van der Waals surface area contributed by atoms with Crippen molar-refractivity contribution >= 4 is 43.5 Å². The lowest BCUT2D eigenvalue weighted by atomic mass is 9.88. The molecule has 1 aliphatic rings. The van der Waals surface area contributed by atoms with Gasteiger partial charge in [-0.15, -0.1) is 0 Å². The molecule has 1 saturated carbocycles. The van der Waals surface area contributed by atoms with Crippen molar-refractivity contribution in [2.45, 2.75) is 47.6 Å². The Hall–Kier alpha value is -5.52. The van der Waals surface area contributed by atoms with Crippen LogP contribution in [0.5, 0.6) is 0 Å². The zero-order valence-corrected chi connectivity index (χ0v) is 31.0. The van der Waals surface area contributed by atoms with Crippen molar-refractivity contribution in [3.8, 4) is 0 Å². The van der Waals surface area contributed by atoms with Crippen LogP contribution in [-0.2, 0) is 20.2 Å². The van der Waals surface area contributed by atoms with Crippen molar-refractivity contribution in [2.24, 2.45) is 0 Å². The normalized spacial score (nSPS) is 16.9. The molecule has 7 rings (SSSR count). The molecule has 10 heteroatoms. The fraction of sp³-hybridized carbons (Fsp3) is 0.136. The number of rotatable bonds is 10. The minimum Gasteiger partial charge on any atom is -0.282 e. The molecule has 0 spiro atoms. The van der Waals surface area contributed by atoms with Gasteiger partial charge in [0.1, 0.15) is 9.79 Å². The number of benzene rings is 4. The van der Waals surface area contributed by atoms with Gasteiger partial charge in [-0.25, -0.2) is 0 Å². The maximum absolute atomic E-state index is 12.3. The van der Waals surface area contributed by atoms with Crippen molar-refractivity contribution in [1.82, 2.24) is 0 Å². The zero-order chi connectivity index (χ0) is 37.7. The molecule has 0 unspecified atom stereocenters. The lowest BCUT2D eigenvalue weighted by Gasteiger charge is -2.25. The number of nitrogens with zero attached hydrogens (tertiary/aromatic N) is 2. The molecule has 4 aromatic carbocycles. The van der Waals surface area contributed by atoms with Crippen molar-refractivity contribution in [3.63, 3.8) is 0 Å². The maximum atomic E-state index is 12.3. The number of hydrogen-bond acceptors (Lipinski definition) is 4. The highest BCUT2D eigenvalue weighted by Gasteiger charge is 2.36. The van der Waals surface area contributed by atoms with Crippen LogP contribution < -0.4 is 9.13 Å². The molecule has 8 nitrogen and oxygen atoms in total. The van der Waals surface area contributed by atoms with Crippen LogP contribution >= 0.6 is 0 Å². The molecule has 6 aromatic rings. The van der Waals surface area contributed by atoms with E-state index in [1.807, 2.05) is 109 Å². The van der Waals surface area contributed by atoms with Gasteiger partial charge in [-0.3, -0.25) is 9.11 Å². The van der Waals surface area contributed by atoms with Crippen LogP contribution in [0, 0.1) is 0 Å². The molecule has 0 aliphatic heterocycles. The standard InChI is InChI=1S/C44H38N2O6S2/c47-53(48,49)43-23-9-7-19-35(43)31-39(33-15-3-1-4-16-33)41-21-11-13-29-45(41)37-25-27-38(28-26-37)46-30-14-12-22-42(46)40(34-17-5-2-6-18-34)32-36-20-8-10-24-44(36)54(50,51)52/h1-24,29-32,37-38H,25-28H2/p+2/b39-31+,40-32+. The minimum absolute atomic E-state index is 0.150. The lowest BCUT2D eigenvalue weighted by molar-refractivity contribution is -0.750. The topological polar surface area (TPSA) is 117 Å². The Morgan fingerprint density at radius 1 is 0.463 bits per heavy atom. The first kappa shape index (κ1) is 36.8. The molecule has 1 aliphatic carbocycles. The van der Waals surface area contributed by atoms with E-state index in [4.69, 9.17) is 0 Å². The summed E-state index contributed by atoms with van der Waals surface area (Å²) in [5.41, 5.74) is 6.14. The molecular formula is C44H40N2O6S2+2. The van der Waals surface area contributed by atoms with E-state index in [0.29, 0.717) is 11.1 Å². The van der Waals surface area contributed by atoms with Gasteiger partial charge in [0.15, 0.2) is 24.5 Å². The summed E-state index contributed by atoms with van der Waals surface area (Å²) in [4.78, 5) is -0.301. The summed E-state index contributed by atoms with van der Waals surface area (Å²) in [5, 5.41) is 0. The Morgan fingerprint density at radius 3 is 1.17 bits per heavy atom. The van der Waals surface area contributed by atoms with Crippen LogP contribution in [-0.4, -0.2) is 25.9 Å². The van der Waals surface area contributed by atoms with Crippen LogP contribution in [0.25, 0.3) is 23.3 Å². The van der Waals surface area contributed by atoms with E-state index in [9.17, 15) is 25.9 Å². The molecule has 0 radical (unpaired) electrons. The summed E-state index contributed by atoms with van der Waals surface area (Å²) in [5.74, 6) is 0. The summed E-state index contributed by atoms with van der Waals surface area (Å²) in [6.07, 6.45) is 11.3. The Morgan fingerprint density at radius 2 is 0.796 bits per heavy atom. The number of pyridine rings is 2. The molecule has 2 heterocycles. The monoisotopic (exact) mass is 756 g/mol. The molecule has 2 N–H and O–H groups in total. The molecule has 0 amide bonds. The van der Waals surface area contributed by atoms with E-state index in [1.165, 1.54) is 12.1 Å². The molecule has 2 aromatic heterocycles. The number of aromatic nitrogens is 2. The van der Waals surface area contributed by atoms with Gasteiger partial charge < -0.3 is 0 Å². The highest BCUT2D eigenvalue weighted by molar-refractivity contribution is 7.86. The predicted octanol–water partition coefficient (Wildman–Crippen LogP) is 8.29. The average Bonchev–Trinajstić information content (AvgIpc) is 3.19. The summed E-state index contributed by atoms with van der Waals surface area (Å²) >= 11 is 0. The van der Waals surface area contributed by atoms with E-state index in [2.05, 4.69) is 21.5 Å². The van der Waals surface area contributed by atoms with E-state index in [0.717, 1.165) is 59.3 Å². The van der Waals surface area contributed by atoms with Crippen molar-refractivity contribution in [1.29, 1.82) is 0 Å². The molecule has 1 fully saturated rings. The Labute approximate surface area is 316 Å². The molecule has 272 valence electrons. The van der Waals surface area contributed by atoms with Crippen LogP contribution in [0.3, 0.4) is 0 Å². The average molecular weight is 757 g/mol. The summed E-state index contributed by atoms with van der Waals surface area (Å²) in [6, 6.07) is 44.9. The van der Waals surface area contributed by atoms with Gasteiger partial charge in [0.2, 0.25) is 11.4 Å². The minimum atomic E-state index is -4.46. The van der Waals surface area contributed by atoms with Gasteiger partial charge in [0.25, 0.3) is 20.2 Å². The second-order valence-corrected chi connectivity index (χ2v) is 16.1. The first-order valence-electron chi connectivity index (χ1n) is 17.8. The quantitative estimate of drug-likeness (QED) is 0.0826. The van der Waals surface area contributed by atoms with Crippen molar-refractivity contribution < 1.29 is 35.1 Å². The Kier molecular flexibility index (Phi) is 10.8. The Bertz CT molecular complexity index is 2380. The highest BCUT2D eigenvalue weighted by atomic mass is 32.2. The van der Waals surface area contributed by atoms with Gasteiger partial charge >= 0.3 is 0 Å². The maximum Gasteiger partial charge on any atom is 0.295 e. The van der Waals surface area contributed by atoms with Crippen LogP contribution in [0.4, 0.5) is 0 Å². The van der Waals surface area contributed by atoms with Crippen molar-refractivity contribution in [2.75, 3.05) is 0 Å². The van der Waals surface area contributed by atoms with E-state index in [-0.39, 0.29) is 21.9 Å². The van der Waals surface area contributed by atoms with Gasteiger partial charge in [0.05, 0.1) is 11.1 Å². The Balaban J connectivity index is 1.24. The van der Waals surface area contributed by atoms with Crippen molar-refractivity contribution in [3.05, 3.63) is 192 Å². The van der Waals surface area contributed by atoms with Gasteiger partial charge in [-0.2, -0.15) is 26.0 Å². The first-order valence-corrected chi connectivity index (χ1v) is 20.6. The van der Waals surface area contributed by atoms with E-state index >= 15 is 0 Å². The molecule has 0 bridgehead atoms. The smallest absolute Gasteiger partial charge is 0.282 e. The largest absolute Gasteiger partial charge is 0.295 e. The third-order valence-corrected chi connectivity index (χ3v) is 11.8. The van der Waals surface area contributed by atoms with Crippen LogP contribution in [0.15, 0.2) is 168 Å². The van der Waals surface area contributed by atoms with E-state index < -0.39 is 20.2 Å². The van der Waals surface area contributed by atoms with Gasteiger partial charge in [-0.1, -0.05) is 97.1 Å². The molecule has 54 heavy (non-hydrogen) atoms. The first-order chi connectivity index (χ1) is 26.1. The SMILES string of the molecule is O=S(=O)(O)c1ccccc1/C=C(\c1ccccc1)c1cccc[n+]1C1CCC([n+]2ccccc2/C(=C/c2ccccc2S(=O)(=O)O)c2ccccc2)CC1. The second-order valence-electron chi connectivity index (χ2n) is 13.3. The summed E-state index contributed by atoms with van der Waals surface area (Å²) in [6.45, 7) is 0. The summed E-state index contributed by atoms with van der Waals surface area (Å²) in [7, 11) is -8.91. The van der Waals surface area contributed by atoms with Gasteiger partial charge in [0, 0.05) is 49.9 Å². The lowest BCUT2D eigenvalue weighted by Crippen LogP contribution is -2.49. The number of hydrogen-bond donors (Lipinski definition) is 2. The zero-order valence-electron chi connectivity index (χ0n) is 29.4. The van der Waals surface area contributed by atoms with Crippen LogP contribution in [0.1, 0.15) is 71.4 Å². The fourth-order valence-electron chi connectivity index (χ4n) is 7.45. The molecule has 0 saturated heterocycles.